The van der Waals surface area contributed by atoms with E-state index in [1.54, 1.807) is 0 Å². The summed E-state index contributed by atoms with van der Waals surface area (Å²) in [6.45, 7) is 13.9. The molecule has 2 atom stereocenters. The third kappa shape index (κ3) is 9.09. The number of nitrogens with zero attached hydrogens (tertiary/aromatic N) is 1. The second-order valence-electron chi connectivity index (χ2n) is 11.4. The molecule has 1 aliphatic carbocycles. The highest BCUT2D eigenvalue weighted by Gasteiger charge is 2.42. The molecule has 0 aliphatic heterocycles. The summed E-state index contributed by atoms with van der Waals surface area (Å²) in [5.41, 5.74) is 0.0634. The van der Waals surface area contributed by atoms with Crippen molar-refractivity contribution in [2.24, 2.45) is 21.9 Å². The van der Waals surface area contributed by atoms with Gasteiger partial charge in [-0.2, -0.15) is 4.91 Å². The van der Waals surface area contributed by atoms with Crippen molar-refractivity contribution in [1.82, 2.24) is 0 Å². The molecule has 0 saturated heterocycles. The second kappa shape index (κ2) is 11.6. The molecule has 2 nitrogen and oxygen atoms in total. The summed E-state index contributed by atoms with van der Waals surface area (Å²) in [5.74, 6) is 0.697. The van der Waals surface area contributed by atoms with Crippen molar-refractivity contribution in [1.29, 1.82) is 0 Å². The highest BCUT2D eigenvalue weighted by atomic mass is 16.3. The molecule has 0 aromatic heterocycles. The van der Waals surface area contributed by atoms with Crippen LogP contribution >= 0.6 is 0 Å². The quantitative estimate of drug-likeness (QED) is 0.418. The Labute approximate surface area is 170 Å². The maximum absolute atomic E-state index is 12.0. The normalized spacial score (nSPS) is 30.8. The van der Waals surface area contributed by atoms with E-state index < -0.39 is 0 Å². The van der Waals surface area contributed by atoms with Crippen LogP contribution in [0.5, 0.6) is 0 Å². The van der Waals surface area contributed by atoms with Gasteiger partial charge in [0.2, 0.25) is 0 Å². The van der Waals surface area contributed by atoms with Crippen molar-refractivity contribution in [2.75, 3.05) is 0 Å². The second-order valence-corrected chi connectivity index (χ2v) is 11.4. The SMILES string of the molecule is CC1CCCC(C)(C)CCCCCCCCCCC(N=O)(C(C)(C)C)CC1. The molecule has 2 heteroatoms. The zero-order chi connectivity index (χ0) is 20.4. The van der Waals surface area contributed by atoms with E-state index in [0.717, 1.165) is 25.7 Å². The monoisotopic (exact) mass is 379 g/mol. The molecule has 0 amide bonds. The highest BCUT2D eigenvalue weighted by Crippen LogP contribution is 2.43. The summed E-state index contributed by atoms with van der Waals surface area (Å²) < 4.78 is 0. The summed E-state index contributed by atoms with van der Waals surface area (Å²) in [6.07, 6.45) is 19.1. The van der Waals surface area contributed by atoms with Gasteiger partial charge >= 0.3 is 0 Å². The van der Waals surface area contributed by atoms with Crippen molar-refractivity contribution >= 4 is 0 Å². The lowest BCUT2D eigenvalue weighted by molar-refractivity contribution is 0.146. The summed E-state index contributed by atoms with van der Waals surface area (Å²) >= 11 is 0. The number of rotatable bonds is 1. The third-order valence-electron chi connectivity index (χ3n) is 7.37. The lowest BCUT2D eigenvalue weighted by Crippen LogP contribution is -2.41. The maximum Gasteiger partial charge on any atom is 0.107 e. The Morgan fingerprint density at radius 1 is 0.704 bits per heavy atom. The highest BCUT2D eigenvalue weighted by molar-refractivity contribution is 4.98. The van der Waals surface area contributed by atoms with Crippen molar-refractivity contribution in [2.45, 2.75) is 143 Å². The Kier molecular flexibility index (Phi) is 10.6. The summed E-state index contributed by atoms with van der Waals surface area (Å²) in [6, 6.07) is 0. The number of nitroso groups, excluding NO2 is 1. The van der Waals surface area contributed by atoms with Crippen LogP contribution in [0.15, 0.2) is 5.18 Å². The molecule has 27 heavy (non-hydrogen) atoms. The lowest BCUT2D eigenvalue weighted by Gasteiger charge is -2.39. The number of hydrogen-bond acceptors (Lipinski definition) is 2. The Balaban J connectivity index is 2.72. The average Bonchev–Trinajstić information content (AvgIpc) is 2.57. The van der Waals surface area contributed by atoms with E-state index in [1.807, 2.05) is 0 Å². The lowest BCUT2D eigenvalue weighted by atomic mass is 9.68. The molecular formula is C25H49NO. The molecule has 0 spiro atoms. The molecule has 160 valence electrons. The van der Waals surface area contributed by atoms with E-state index in [0.29, 0.717) is 11.3 Å². The fourth-order valence-corrected chi connectivity index (χ4v) is 4.87. The summed E-state index contributed by atoms with van der Waals surface area (Å²) in [4.78, 5) is 12.0. The summed E-state index contributed by atoms with van der Waals surface area (Å²) in [7, 11) is 0. The molecule has 0 bridgehead atoms. The molecule has 0 heterocycles. The molecule has 1 aliphatic rings. The average molecular weight is 380 g/mol. The standard InChI is InChI=1S/C25H49NO/c1-22-16-15-19-24(5,6)18-13-11-9-7-8-10-12-14-20-25(26-27,21-17-22)23(2,3)4/h22H,7-21H2,1-6H3. The van der Waals surface area contributed by atoms with Gasteiger partial charge in [0.15, 0.2) is 0 Å². The Bertz CT molecular complexity index is 409. The van der Waals surface area contributed by atoms with Crippen LogP contribution in [0.1, 0.15) is 138 Å². The van der Waals surface area contributed by atoms with Crippen LogP contribution in [-0.2, 0) is 0 Å². The molecule has 0 N–H and O–H groups in total. The van der Waals surface area contributed by atoms with Crippen LogP contribution < -0.4 is 0 Å². The van der Waals surface area contributed by atoms with E-state index >= 15 is 0 Å². The van der Waals surface area contributed by atoms with Gasteiger partial charge in [0, 0.05) is 0 Å². The zero-order valence-corrected chi connectivity index (χ0v) is 19.5. The largest absolute Gasteiger partial charge is 0.150 e. The van der Waals surface area contributed by atoms with Crippen LogP contribution in [0.4, 0.5) is 0 Å². The third-order valence-corrected chi connectivity index (χ3v) is 7.37. The van der Waals surface area contributed by atoms with Crippen molar-refractivity contribution in [3.8, 4) is 0 Å². The molecule has 0 radical (unpaired) electrons. The van der Waals surface area contributed by atoms with E-state index in [2.05, 4.69) is 46.7 Å². The molecule has 2 unspecified atom stereocenters. The van der Waals surface area contributed by atoms with Gasteiger partial charge < -0.3 is 0 Å². The molecule has 1 saturated carbocycles. The molecule has 0 aromatic carbocycles. The first-order valence-electron chi connectivity index (χ1n) is 12.0. The van der Waals surface area contributed by atoms with E-state index in [-0.39, 0.29) is 11.0 Å². The minimum absolute atomic E-state index is 0.0443. The van der Waals surface area contributed by atoms with Crippen molar-refractivity contribution in [3.63, 3.8) is 0 Å². The van der Waals surface area contributed by atoms with Gasteiger partial charge in [-0.15, -0.1) is 0 Å². The minimum atomic E-state index is -0.383. The van der Waals surface area contributed by atoms with Gasteiger partial charge in [0.25, 0.3) is 0 Å². The Hall–Kier alpha value is -0.400. The summed E-state index contributed by atoms with van der Waals surface area (Å²) in [5, 5.41) is 3.79. The van der Waals surface area contributed by atoms with Gasteiger partial charge in [-0.1, -0.05) is 111 Å². The van der Waals surface area contributed by atoms with Gasteiger partial charge in [-0.25, -0.2) is 0 Å². The topological polar surface area (TPSA) is 29.4 Å². The van der Waals surface area contributed by atoms with E-state index in [9.17, 15) is 4.91 Å². The van der Waals surface area contributed by atoms with Crippen molar-refractivity contribution < 1.29 is 0 Å². The number of hydrogen-bond donors (Lipinski definition) is 0. The first-order valence-corrected chi connectivity index (χ1v) is 12.0. The molecule has 1 rings (SSSR count). The van der Waals surface area contributed by atoms with Gasteiger partial charge in [-0.05, 0) is 48.9 Å². The Morgan fingerprint density at radius 3 is 1.70 bits per heavy atom. The van der Waals surface area contributed by atoms with E-state index in [1.165, 1.54) is 70.6 Å². The molecule has 0 aromatic rings. The van der Waals surface area contributed by atoms with Crippen LogP contribution in [0.2, 0.25) is 0 Å². The Morgan fingerprint density at radius 2 is 1.19 bits per heavy atom. The zero-order valence-electron chi connectivity index (χ0n) is 19.5. The fourth-order valence-electron chi connectivity index (χ4n) is 4.87. The van der Waals surface area contributed by atoms with Crippen LogP contribution in [0.25, 0.3) is 0 Å². The van der Waals surface area contributed by atoms with Gasteiger partial charge in [-0.3, -0.25) is 0 Å². The predicted molar refractivity (Wildman–Crippen MR) is 120 cm³/mol. The minimum Gasteiger partial charge on any atom is -0.150 e. The van der Waals surface area contributed by atoms with E-state index in [4.69, 9.17) is 0 Å². The van der Waals surface area contributed by atoms with Crippen LogP contribution in [-0.4, -0.2) is 5.54 Å². The predicted octanol–water partition coefficient (Wildman–Crippen LogP) is 9.07. The van der Waals surface area contributed by atoms with Gasteiger partial charge in [0.1, 0.15) is 5.54 Å². The maximum atomic E-state index is 12.0. The molecular weight excluding hydrogens is 330 g/mol. The van der Waals surface area contributed by atoms with Crippen LogP contribution in [0.3, 0.4) is 0 Å². The smallest absolute Gasteiger partial charge is 0.107 e. The molecule has 1 fully saturated rings. The van der Waals surface area contributed by atoms with Gasteiger partial charge in [0.05, 0.1) is 0 Å². The fraction of sp³-hybridized carbons (Fsp3) is 1.00. The van der Waals surface area contributed by atoms with Crippen LogP contribution in [0, 0.1) is 21.7 Å². The first-order chi connectivity index (χ1) is 12.6. The first kappa shape index (κ1) is 24.6. The van der Waals surface area contributed by atoms with Crippen molar-refractivity contribution in [3.05, 3.63) is 4.91 Å².